The van der Waals surface area contributed by atoms with Crippen molar-refractivity contribution in [2.45, 2.75) is 19.8 Å². The van der Waals surface area contributed by atoms with Crippen molar-refractivity contribution in [1.82, 2.24) is 4.98 Å². The summed E-state index contributed by atoms with van der Waals surface area (Å²) in [7, 11) is 0. The van der Waals surface area contributed by atoms with Gasteiger partial charge in [0.25, 0.3) is 0 Å². The number of thiophene rings is 1. The van der Waals surface area contributed by atoms with Gasteiger partial charge in [-0.1, -0.05) is 30.3 Å². The van der Waals surface area contributed by atoms with E-state index in [1.165, 1.54) is 9.75 Å². The second-order valence-electron chi connectivity index (χ2n) is 5.36. The third-order valence-corrected chi connectivity index (χ3v) is 4.59. The summed E-state index contributed by atoms with van der Waals surface area (Å²) in [5.41, 5.74) is 2.16. The van der Waals surface area contributed by atoms with Crippen LogP contribution in [0.5, 0.6) is 0 Å². The third-order valence-electron chi connectivity index (χ3n) is 3.53. The first-order valence-corrected chi connectivity index (χ1v) is 8.39. The fourth-order valence-corrected chi connectivity index (χ4v) is 3.22. The number of aromatic nitrogens is 1. The summed E-state index contributed by atoms with van der Waals surface area (Å²) >= 11 is 1.74. The van der Waals surface area contributed by atoms with Crippen LogP contribution in [0.2, 0.25) is 0 Å². The molecule has 0 aliphatic rings. The first kappa shape index (κ1) is 15.4. The van der Waals surface area contributed by atoms with E-state index in [1.807, 2.05) is 42.5 Å². The van der Waals surface area contributed by atoms with E-state index in [0.29, 0.717) is 12.2 Å². The summed E-state index contributed by atoms with van der Waals surface area (Å²) in [5.74, 6) is 0.591. The molecule has 2 aromatic heterocycles. The molecule has 0 atom stereocenters. The highest BCUT2D eigenvalue weighted by atomic mass is 32.1. The van der Waals surface area contributed by atoms with Crippen molar-refractivity contribution in [2.24, 2.45) is 0 Å². The van der Waals surface area contributed by atoms with Crippen molar-refractivity contribution < 1.29 is 4.79 Å². The monoisotopic (exact) mass is 322 g/mol. The van der Waals surface area contributed by atoms with Gasteiger partial charge in [0, 0.05) is 27.9 Å². The maximum absolute atomic E-state index is 12.0. The average Bonchev–Trinajstić information content (AvgIpc) is 3.00. The molecule has 0 saturated carbocycles. The van der Waals surface area contributed by atoms with Crippen LogP contribution in [0, 0.1) is 6.92 Å². The number of hydrogen-bond acceptors (Lipinski definition) is 3. The topological polar surface area (TPSA) is 42.0 Å². The van der Waals surface area contributed by atoms with Gasteiger partial charge in [0.2, 0.25) is 5.91 Å². The highest BCUT2D eigenvalue weighted by Crippen LogP contribution is 2.19. The van der Waals surface area contributed by atoms with Crippen molar-refractivity contribution in [3.8, 4) is 11.1 Å². The van der Waals surface area contributed by atoms with Crippen molar-refractivity contribution >= 4 is 23.1 Å². The quantitative estimate of drug-likeness (QED) is 0.740. The molecule has 0 spiro atoms. The van der Waals surface area contributed by atoms with Gasteiger partial charge in [-0.05, 0) is 43.2 Å². The van der Waals surface area contributed by atoms with Crippen molar-refractivity contribution in [2.75, 3.05) is 5.32 Å². The van der Waals surface area contributed by atoms with Crippen LogP contribution in [0.3, 0.4) is 0 Å². The summed E-state index contributed by atoms with van der Waals surface area (Å²) in [5, 5.41) is 2.85. The smallest absolute Gasteiger partial charge is 0.225 e. The van der Waals surface area contributed by atoms with Gasteiger partial charge in [-0.3, -0.25) is 4.79 Å². The predicted molar refractivity (Wildman–Crippen MR) is 95.7 cm³/mol. The normalized spacial score (nSPS) is 10.5. The maximum atomic E-state index is 12.0. The Hall–Kier alpha value is -2.46. The molecule has 1 aromatic carbocycles. The largest absolute Gasteiger partial charge is 0.311 e. The van der Waals surface area contributed by atoms with Gasteiger partial charge < -0.3 is 5.32 Å². The van der Waals surface area contributed by atoms with Crippen LogP contribution in [0.4, 0.5) is 5.82 Å². The number of carbonyl (C=O) groups excluding carboxylic acids is 1. The molecule has 0 unspecified atom stereocenters. The van der Waals surface area contributed by atoms with Crippen LogP contribution in [-0.4, -0.2) is 10.9 Å². The Bertz CT molecular complexity index is 779. The molecule has 2 heterocycles. The fraction of sp³-hybridized carbons (Fsp3) is 0.158. The van der Waals surface area contributed by atoms with Gasteiger partial charge in [-0.2, -0.15) is 0 Å². The lowest BCUT2D eigenvalue weighted by atomic mass is 10.1. The third kappa shape index (κ3) is 4.27. The molecule has 3 nitrogen and oxygen atoms in total. The maximum Gasteiger partial charge on any atom is 0.225 e. The number of hydrogen-bond donors (Lipinski definition) is 1. The van der Waals surface area contributed by atoms with E-state index in [9.17, 15) is 4.79 Å². The van der Waals surface area contributed by atoms with Crippen molar-refractivity contribution in [3.05, 3.63) is 70.5 Å². The molecule has 0 radical (unpaired) electrons. The Labute approximate surface area is 140 Å². The first-order valence-electron chi connectivity index (χ1n) is 7.57. The summed E-state index contributed by atoms with van der Waals surface area (Å²) in [4.78, 5) is 18.8. The molecule has 4 heteroatoms. The van der Waals surface area contributed by atoms with Crippen LogP contribution in [0.15, 0.2) is 60.8 Å². The van der Waals surface area contributed by atoms with E-state index in [2.05, 4.69) is 29.4 Å². The van der Waals surface area contributed by atoms with Crippen LogP contribution >= 0.6 is 11.3 Å². The number of benzene rings is 1. The van der Waals surface area contributed by atoms with Gasteiger partial charge in [0.15, 0.2) is 0 Å². The number of aryl methyl sites for hydroxylation is 2. The molecular formula is C19H18N2OS. The molecule has 116 valence electrons. The summed E-state index contributed by atoms with van der Waals surface area (Å²) < 4.78 is 0. The SMILES string of the molecule is Cc1ccc(CCC(=O)Nc2ccc(-c3ccccc3)cn2)s1. The lowest BCUT2D eigenvalue weighted by Gasteiger charge is -2.05. The van der Waals surface area contributed by atoms with Gasteiger partial charge in [0.1, 0.15) is 5.82 Å². The van der Waals surface area contributed by atoms with Crippen molar-refractivity contribution in [3.63, 3.8) is 0 Å². The lowest BCUT2D eigenvalue weighted by Crippen LogP contribution is -2.13. The lowest BCUT2D eigenvalue weighted by molar-refractivity contribution is -0.116. The molecular weight excluding hydrogens is 304 g/mol. The van der Waals surface area contributed by atoms with E-state index < -0.39 is 0 Å². The Morgan fingerprint density at radius 1 is 1.04 bits per heavy atom. The molecule has 3 rings (SSSR count). The molecule has 0 fully saturated rings. The molecule has 1 N–H and O–H groups in total. The Morgan fingerprint density at radius 3 is 2.52 bits per heavy atom. The molecule has 1 amide bonds. The van der Waals surface area contributed by atoms with Crippen molar-refractivity contribution in [1.29, 1.82) is 0 Å². The second kappa shape index (κ2) is 7.20. The molecule has 3 aromatic rings. The number of rotatable bonds is 5. The zero-order valence-electron chi connectivity index (χ0n) is 13.0. The minimum absolute atomic E-state index is 0.00369. The fourth-order valence-electron chi connectivity index (χ4n) is 2.33. The molecule has 23 heavy (non-hydrogen) atoms. The highest BCUT2D eigenvalue weighted by Gasteiger charge is 2.06. The van der Waals surface area contributed by atoms with E-state index in [1.54, 1.807) is 17.5 Å². The van der Waals surface area contributed by atoms with E-state index in [0.717, 1.165) is 17.5 Å². The number of carbonyl (C=O) groups is 1. The van der Waals surface area contributed by atoms with Gasteiger partial charge in [0.05, 0.1) is 0 Å². The second-order valence-corrected chi connectivity index (χ2v) is 6.73. The molecule has 0 aliphatic carbocycles. The van der Waals surface area contributed by atoms with E-state index >= 15 is 0 Å². The summed E-state index contributed by atoms with van der Waals surface area (Å²) in [6.45, 7) is 2.08. The summed E-state index contributed by atoms with van der Waals surface area (Å²) in [6, 6.07) is 18.0. The van der Waals surface area contributed by atoms with E-state index in [-0.39, 0.29) is 5.91 Å². The van der Waals surface area contributed by atoms with Crippen LogP contribution < -0.4 is 5.32 Å². The average molecular weight is 322 g/mol. The Morgan fingerprint density at radius 2 is 1.87 bits per heavy atom. The highest BCUT2D eigenvalue weighted by molar-refractivity contribution is 7.11. The van der Waals surface area contributed by atoms with Gasteiger partial charge >= 0.3 is 0 Å². The molecule has 0 saturated heterocycles. The van der Waals surface area contributed by atoms with Crippen LogP contribution in [0.1, 0.15) is 16.2 Å². The number of nitrogens with one attached hydrogen (secondary N) is 1. The predicted octanol–water partition coefficient (Wildman–Crippen LogP) is 4.69. The van der Waals surface area contributed by atoms with Gasteiger partial charge in [-0.25, -0.2) is 4.98 Å². The van der Waals surface area contributed by atoms with Gasteiger partial charge in [-0.15, -0.1) is 11.3 Å². The first-order chi connectivity index (χ1) is 11.2. The molecule has 0 bridgehead atoms. The zero-order chi connectivity index (χ0) is 16.1. The van der Waals surface area contributed by atoms with Crippen LogP contribution in [0.25, 0.3) is 11.1 Å². The van der Waals surface area contributed by atoms with E-state index in [4.69, 9.17) is 0 Å². The minimum Gasteiger partial charge on any atom is -0.311 e. The molecule has 0 aliphatic heterocycles. The number of nitrogens with zero attached hydrogens (tertiary/aromatic N) is 1. The minimum atomic E-state index is -0.00369. The Kier molecular flexibility index (Phi) is 4.83. The zero-order valence-corrected chi connectivity index (χ0v) is 13.8. The Balaban J connectivity index is 1.56. The standard InChI is InChI=1S/C19H18N2OS/c1-14-7-9-17(23-14)10-12-19(22)21-18-11-8-16(13-20-18)15-5-3-2-4-6-15/h2-9,11,13H,10,12H2,1H3,(H,20,21,22). The number of pyridine rings is 1. The number of amides is 1. The number of anilines is 1. The van der Waals surface area contributed by atoms with Crippen LogP contribution in [-0.2, 0) is 11.2 Å². The summed E-state index contributed by atoms with van der Waals surface area (Å²) in [6.07, 6.45) is 3.03.